The van der Waals surface area contributed by atoms with Gasteiger partial charge in [-0.05, 0) is 6.07 Å². The van der Waals surface area contributed by atoms with Gasteiger partial charge in [0.15, 0.2) is 0 Å². The standard InChI is InChI=1S/C7H8N2O3S/c10-3-4-13-7-2-1-6(5-8-7)9(11)12/h1-2,5,10H,3-4H2. The fourth-order valence-corrected chi connectivity index (χ4v) is 1.31. The molecule has 1 aromatic heterocycles. The van der Waals surface area contributed by atoms with Crippen molar-refractivity contribution in [1.82, 2.24) is 4.98 Å². The highest BCUT2D eigenvalue weighted by atomic mass is 32.2. The molecule has 1 heterocycles. The Morgan fingerprint density at radius 1 is 1.62 bits per heavy atom. The van der Waals surface area contributed by atoms with Crippen LogP contribution in [-0.4, -0.2) is 27.4 Å². The SMILES string of the molecule is O=[N+]([O-])c1ccc(SCCO)nc1. The smallest absolute Gasteiger partial charge is 0.287 e. The molecule has 5 nitrogen and oxygen atoms in total. The molecular weight excluding hydrogens is 192 g/mol. The van der Waals surface area contributed by atoms with Crippen LogP contribution in [0, 0.1) is 10.1 Å². The maximum Gasteiger partial charge on any atom is 0.287 e. The van der Waals surface area contributed by atoms with Crippen LogP contribution in [0.4, 0.5) is 5.69 Å². The number of nitrogens with zero attached hydrogens (tertiary/aromatic N) is 2. The molecule has 0 saturated carbocycles. The van der Waals surface area contributed by atoms with Crippen LogP contribution in [0.25, 0.3) is 0 Å². The van der Waals surface area contributed by atoms with Crippen molar-refractivity contribution in [1.29, 1.82) is 0 Å². The van der Waals surface area contributed by atoms with Crippen LogP contribution in [0.3, 0.4) is 0 Å². The van der Waals surface area contributed by atoms with E-state index in [4.69, 9.17) is 5.11 Å². The van der Waals surface area contributed by atoms with Gasteiger partial charge in [0.25, 0.3) is 5.69 Å². The van der Waals surface area contributed by atoms with Gasteiger partial charge in [-0.1, -0.05) is 0 Å². The third-order valence-corrected chi connectivity index (χ3v) is 2.20. The van der Waals surface area contributed by atoms with Gasteiger partial charge in [0.05, 0.1) is 16.6 Å². The molecule has 0 atom stereocenters. The summed E-state index contributed by atoms with van der Waals surface area (Å²) in [5, 5.41) is 19.4. The van der Waals surface area contributed by atoms with Gasteiger partial charge in [0.1, 0.15) is 6.20 Å². The minimum absolute atomic E-state index is 0.0200. The summed E-state index contributed by atoms with van der Waals surface area (Å²) < 4.78 is 0. The number of rotatable bonds is 4. The first-order valence-electron chi connectivity index (χ1n) is 3.58. The highest BCUT2D eigenvalue weighted by molar-refractivity contribution is 7.99. The Hall–Kier alpha value is -1.14. The number of aliphatic hydroxyl groups excluding tert-OH is 1. The quantitative estimate of drug-likeness (QED) is 0.447. The van der Waals surface area contributed by atoms with Crippen molar-refractivity contribution in [2.75, 3.05) is 12.4 Å². The molecular formula is C7H8N2O3S. The van der Waals surface area contributed by atoms with Crippen molar-refractivity contribution in [3.8, 4) is 0 Å². The van der Waals surface area contributed by atoms with E-state index in [-0.39, 0.29) is 12.3 Å². The molecule has 0 fully saturated rings. The van der Waals surface area contributed by atoms with Crippen LogP contribution >= 0.6 is 11.8 Å². The van der Waals surface area contributed by atoms with Crippen LogP contribution in [0.1, 0.15) is 0 Å². The van der Waals surface area contributed by atoms with Crippen molar-refractivity contribution in [2.24, 2.45) is 0 Å². The molecule has 0 aromatic carbocycles. The summed E-state index contributed by atoms with van der Waals surface area (Å²) in [6, 6.07) is 2.96. The predicted molar refractivity (Wildman–Crippen MR) is 48.7 cm³/mol. The van der Waals surface area contributed by atoms with Crippen LogP contribution in [0.2, 0.25) is 0 Å². The third kappa shape index (κ3) is 3.00. The van der Waals surface area contributed by atoms with Crippen LogP contribution in [0.15, 0.2) is 23.4 Å². The van der Waals surface area contributed by atoms with E-state index < -0.39 is 4.92 Å². The fraction of sp³-hybridized carbons (Fsp3) is 0.286. The van der Waals surface area contributed by atoms with Gasteiger partial charge in [-0.2, -0.15) is 0 Å². The zero-order valence-corrected chi connectivity index (χ0v) is 7.53. The van der Waals surface area contributed by atoms with Gasteiger partial charge in [-0.3, -0.25) is 10.1 Å². The second-order valence-electron chi connectivity index (χ2n) is 2.18. The monoisotopic (exact) mass is 200 g/mol. The second-order valence-corrected chi connectivity index (χ2v) is 3.30. The number of pyridine rings is 1. The van der Waals surface area contributed by atoms with Crippen molar-refractivity contribution in [3.63, 3.8) is 0 Å². The number of hydrogen-bond acceptors (Lipinski definition) is 5. The molecule has 0 bridgehead atoms. The molecule has 6 heteroatoms. The highest BCUT2D eigenvalue weighted by Crippen LogP contribution is 2.17. The van der Waals surface area contributed by atoms with E-state index in [9.17, 15) is 10.1 Å². The van der Waals surface area contributed by atoms with Crippen molar-refractivity contribution < 1.29 is 10.0 Å². The van der Waals surface area contributed by atoms with E-state index in [0.717, 1.165) is 0 Å². The van der Waals surface area contributed by atoms with Gasteiger partial charge in [0.2, 0.25) is 0 Å². The van der Waals surface area contributed by atoms with Gasteiger partial charge in [-0.25, -0.2) is 4.98 Å². The van der Waals surface area contributed by atoms with Crippen LogP contribution in [0.5, 0.6) is 0 Å². The number of nitro groups is 1. The lowest BCUT2D eigenvalue weighted by Crippen LogP contribution is -1.91. The summed E-state index contributed by atoms with van der Waals surface area (Å²) >= 11 is 1.36. The highest BCUT2D eigenvalue weighted by Gasteiger charge is 2.04. The molecule has 0 saturated heterocycles. The molecule has 0 aliphatic heterocycles. The molecule has 0 spiro atoms. The fourth-order valence-electron chi connectivity index (χ4n) is 0.716. The Morgan fingerprint density at radius 2 is 2.38 bits per heavy atom. The van der Waals surface area contributed by atoms with Crippen molar-refractivity contribution >= 4 is 17.4 Å². The summed E-state index contributed by atoms with van der Waals surface area (Å²) in [5.41, 5.74) is -0.0200. The van der Waals surface area contributed by atoms with E-state index in [1.165, 1.54) is 24.0 Å². The lowest BCUT2D eigenvalue weighted by molar-refractivity contribution is -0.385. The Bertz CT molecular complexity index is 288. The number of hydrogen-bond donors (Lipinski definition) is 1. The zero-order chi connectivity index (χ0) is 9.68. The van der Waals surface area contributed by atoms with Gasteiger partial charge >= 0.3 is 0 Å². The zero-order valence-electron chi connectivity index (χ0n) is 6.71. The van der Waals surface area contributed by atoms with E-state index in [2.05, 4.69) is 4.98 Å². The molecule has 0 aliphatic carbocycles. The van der Waals surface area contributed by atoms with Crippen LogP contribution in [-0.2, 0) is 0 Å². The van der Waals surface area contributed by atoms with Gasteiger partial charge in [-0.15, -0.1) is 11.8 Å². The molecule has 1 aromatic rings. The average molecular weight is 200 g/mol. The number of thioether (sulfide) groups is 1. The first-order chi connectivity index (χ1) is 6.24. The minimum atomic E-state index is -0.493. The Labute approximate surface area is 79.0 Å². The molecule has 1 N–H and O–H groups in total. The Kier molecular flexibility index (Phi) is 3.66. The van der Waals surface area contributed by atoms with Crippen molar-refractivity contribution in [3.05, 3.63) is 28.4 Å². The van der Waals surface area contributed by atoms with Crippen LogP contribution < -0.4 is 0 Å². The first-order valence-corrected chi connectivity index (χ1v) is 4.56. The number of aromatic nitrogens is 1. The summed E-state index contributed by atoms with van der Waals surface area (Å²) in [6.45, 7) is 0.0728. The van der Waals surface area contributed by atoms with E-state index in [1.54, 1.807) is 6.07 Å². The topological polar surface area (TPSA) is 76.3 Å². The lowest BCUT2D eigenvalue weighted by Gasteiger charge is -1.96. The molecule has 0 amide bonds. The molecule has 0 unspecified atom stereocenters. The summed E-state index contributed by atoms with van der Waals surface area (Å²) in [5.74, 6) is 0.546. The maximum atomic E-state index is 10.2. The minimum Gasteiger partial charge on any atom is -0.396 e. The lowest BCUT2D eigenvalue weighted by atomic mass is 10.4. The molecule has 0 aliphatic rings. The molecule has 70 valence electrons. The summed E-state index contributed by atoms with van der Waals surface area (Å²) in [6.07, 6.45) is 1.21. The normalized spacial score (nSPS) is 9.92. The summed E-state index contributed by atoms with van der Waals surface area (Å²) in [7, 11) is 0. The van der Waals surface area contributed by atoms with E-state index >= 15 is 0 Å². The molecule has 13 heavy (non-hydrogen) atoms. The van der Waals surface area contributed by atoms with E-state index in [0.29, 0.717) is 10.8 Å². The molecule has 1 rings (SSSR count). The third-order valence-electron chi connectivity index (χ3n) is 1.27. The van der Waals surface area contributed by atoms with Gasteiger partial charge in [0, 0.05) is 11.8 Å². The van der Waals surface area contributed by atoms with E-state index in [1.807, 2.05) is 0 Å². The van der Waals surface area contributed by atoms with Gasteiger partial charge < -0.3 is 5.11 Å². The largest absolute Gasteiger partial charge is 0.396 e. The molecule has 0 radical (unpaired) electrons. The Balaban J connectivity index is 2.64. The second kappa shape index (κ2) is 4.78. The van der Waals surface area contributed by atoms with Crippen molar-refractivity contribution in [2.45, 2.75) is 5.03 Å². The first kappa shape index (κ1) is 9.94. The average Bonchev–Trinajstić information content (AvgIpc) is 2.15. The number of aliphatic hydroxyl groups is 1. The predicted octanol–water partition coefficient (Wildman–Crippen LogP) is 1.07. The maximum absolute atomic E-state index is 10.2. The Morgan fingerprint density at radius 3 is 2.85 bits per heavy atom. The summed E-state index contributed by atoms with van der Waals surface area (Å²) in [4.78, 5) is 13.6.